The van der Waals surface area contributed by atoms with Gasteiger partial charge in [-0.05, 0) is 48.2 Å². The van der Waals surface area contributed by atoms with Crippen LogP contribution in [0.25, 0.3) is 17.2 Å². The van der Waals surface area contributed by atoms with E-state index >= 15 is 0 Å². The first-order valence-corrected chi connectivity index (χ1v) is 8.25. The third-order valence-corrected chi connectivity index (χ3v) is 3.93. The van der Waals surface area contributed by atoms with Crippen LogP contribution in [-0.4, -0.2) is 6.18 Å². The Labute approximate surface area is 148 Å². The number of hydrogen-bond acceptors (Lipinski definition) is 0. The Hall–Kier alpha value is -2.24. The third kappa shape index (κ3) is 5.38. The van der Waals surface area contributed by atoms with E-state index in [2.05, 4.69) is 6.92 Å². The maximum Gasteiger partial charge on any atom is 0.409 e. The summed E-state index contributed by atoms with van der Waals surface area (Å²) in [5, 5.41) is 0. The van der Waals surface area contributed by atoms with E-state index in [-0.39, 0.29) is 17.2 Å². The van der Waals surface area contributed by atoms with Crippen LogP contribution in [-0.2, 0) is 6.42 Å². The first-order valence-electron chi connectivity index (χ1n) is 8.25. The van der Waals surface area contributed by atoms with Gasteiger partial charge in [0, 0.05) is 17.2 Å². The monoisotopic (exact) mass is 372 g/mol. The number of benzene rings is 2. The second kappa shape index (κ2) is 8.43. The van der Waals surface area contributed by atoms with Gasteiger partial charge in [-0.25, -0.2) is 13.2 Å². The van der Waals surface area contributed by atoms with Gasteiger partial charge in [0.2, 0.25) is 0 Å². The largest absolute Gasteiger partial charge is 0.409 e. The zero-order valence-electron chi connectivity index (χ0n) is 14.1. The van der Waals surface area contributed by atoms with Gasteiger partial charge in [0.15, 0.2) is 0 Å². The summed E-state index contributed by atoms with van der Waals surface area (Å²) in [4.78, 5) is 0. The number of allylic oxidation sites excluding steroid dienone is 1. The van der Waals surface area contributed by atoms with E-state index in [9.17, 15) is 26.3 Å². The lowest BCUT2D eigenvalue weighted by Gasteiger charge is -2.09. The van der Waals surface area contributed by atoms with Crippen molar-refractivity contribution in [3.8, 4) is 11.1 Å². The van der Waals surface area contributed by atoms with Gasteiger partial charge in [-0.1, -0.05) is 31.9 Å². The molecule has 0 radical (unpaired) electrons. The van der Waals surface area contributed by atoms with Gasteiger partial charge < -0.3 is 0 Å². The van der Waals surface area contributed by atoms with Gasteiger partial charge in [0.1, 0.15) is 17.5 Å². The molecular formula is C20H18F6. The highest BCUT2D eigenvalue weighted by Gasteiger charge is 2.23. The number of unbranched alkanes of at least 4 members (excludes halogenated alkanes) is 2. The van der Waals surface area contributed by atoms with E-state index in [1.54, 1.807) is 6.07 Å². The van der Waals surface area contributed by atoms with Crippen LogP contribution in [0.15, 0.2) is 36.4 Å². The quantitative estimate of drug-likeness (QED) is 0.375. The molecule has 0 unspecified atom stereocenters. The molecule has 140 valence electrons. The fraction of sp³-hybridized carbons (Fsp3) is 0.300. The summed E-state index contributed by atoms with van der Waals surface area (Å²) in [6.07, 6.45) is -0.937. The Morgan fingerprint density at radius 2 is 1.54 bits per heavy atom. The molecule has 0 atom stereocenters. The van der Waals surface area contributed by atoms with Gasteiger partial charge in [0.25, 0.3) is 0 Å². The van der Waals surface area contributed by atoms with Gasteiger partial charge in [-0.2, -0.15) is 13.2 Å². The number of rotatable bonds is 6. The standard InChI is InChI=1S/C20H18F6/c1-2-3-4-5-13-6-7-15(17(21)10-13)14-11-18(22)16(19(23)12-14)8-9-20(24,25)26/h6-12H,2-5H2,1H3/b9-8+. The molecule has 0 nitrogen and oxygen atoms in total. The molecule has 0 spiro atoms. The summed E-state index contributed by atoms with van der Waals surface area (Å²) in [6.45, 7) is 2.06. The summed E-state index contributed by atoms with van der Waals surface area (Å²) >= 11 is 0. The molecule has 0 aromatic heterocycles. The lowest BCUT2D eigenvalue weighted by molar-refractivity contribution is -0.0790. The lowest BCUT2D eigenvalue weighted by Crippen LogP contribution is -2.01. The maximum absolute atomic E-state index is 14.3. The Bertz CT molecular complexity index is 766. The lowest BCUT2D eigenvalue weighted by atomic mass is 9.99. The molecule has 6 heteroatoms. The van der Waals surface area contributed by atoms with Crippen molar-refractivity contribution in [3.63, 3.8) is 0 Å². The maximum atomic E-state index is 14.3. The molecule has 0 fully saturated rings. The molecule has 0 amide bonds. The summed E-state index contributed by atoms with van der Waals surface area (Å²) < 4.78 is 78.8. The molecule has 26 heavy (non-hydrogen) atoms. The predicted octanol–water partition coefficient (Wildman–Crippen LogP) is 7.08. The zero-order chi connectivity index (χ0) is 19.3. The summed E-state index contributed by atoms with van der Waals surface area (Å²) in [5.41, 5.74) is -0.108. The van der Waals surface area contributed by atoms with E-state index in [4.69, 9.17) is 0 Å². The number of hydrogen-bond donors (Lipinski definition) is 0. The number of halogens is 6. The van der Waals surface area contributed by atoms with E-state index in [1.807, 2.05) is 0 Å². The van der Waals surface area contributed by atoms with Crippen molar-refractivity contribution in [2.24, 2.45) is 0 Å². The highest BCUT2D eigenvalue weighted by Crippen LogP contribution is 2.29. The van der Waals surface area contributed by atoms with Crippen molar-refractivity contribution >= 4 is 6.08 Å². The van der Waals surface area contributed by atoms with Gasteiger partial charge in [-0.15, -0.1) is 0 Å². The topological polar surface area (TPSA) is 0 Å². The van der Waals surface area contributed by atoms with Gasteiger partial charge >= 0.3 is 6.18 Å². The summed E-state index contributed by atoms with van der Waals surface area (Å²) in [6, 6.07) is 6.08. The van der Waals surface area contributed by atoms with Crippen LogP contribution in [0.3, 0.4) is 0 Å². The van der Waals surface area contributed by atoms with Crippen molar-refractivity contribution in [2.75, 3.05) is 0 Å². The molecule has 0 heterocycles. The fourth-order valence-corrected chi connectivity index (χ4v) is 2.60. The fourth-order valence-electron chi connectivity index (χ4n) is 2.60. The first-order chi connectivity index (χ1) is 12.2. The molecule has 0 saturated carbocycles. The van der Waals surface area contributed by atoms with Crippen molar-refractivity contribution in [3.05, 3.63) is 65.0 Å². The molecule has 2 aromatic rings. The predicted molar refractivity (Wildman–Crippen MR) is 90.1 cm³/mol. The highest BCUT2D eigenvalue weighted by atomic mass is 19.4. The van der Waals surface area contributed by atoms with E-state index in [0.29, 0.717) is 12.5 Å². The normalized spacial score (nSPS) is 12.1. The number of aryl methyl sites for hydroxylation is 1. The molecule has 2 aromatic carbocycles. The highest BCUT2D eigenvalue weighted by molar-refractivity contribution is 5.67. The van der Waals surface area contributed by atoms with Crippen molar-refractivity contribution in [1.82, 2.24) is 0 Å². The number of alkyl halides is 3. The first kappa shape index (κ1) is 20.1. The van der Waals surface area contributed by atoms with Gasteiger partial charge in [0.05, 0.1) is 0 Å². The Morgan fingerprint density at radius 3 is 2.08 bits per heavy atom. The van der Waals surface area contributed by atoms with Crippen molar-refractivity contribution in [2.45, 2.75) is 38.8 Å². The van der Waals surface area contributed by atoms with Crippen LogP contribution in [0.1, 0.15) is 37.3 Å². The Kier molecular flexibility index (Phi) is 6.51. The molecule has 0 bridgehead atoms. The van der Waals surface area contributed by atoms with E-state index in [1.165, 1.54) is 12.1 Å². The second-order valence-corrected chi connectivity index (χ2v) is 6.00. The van der Waals surface area contributed by atoms with E-state index in [0.717, 1.165) is 37.0 Å². The molecule has 0 N–H and O–H groups in total. The third-order valence-electron chi connectivity index (χ3n) is 3.93. The SMILES string of the molecule is CCCCCc1ccc(-c2cc(F)c(/C=C/C(F)(F)F)c(F)c2)c(F)c1. The van der Waals surface area contributed by atoms with Crippen molar-refractivity contribution in [1.29, 1.82) is 0 Å². The smallest absolute Gasteiger partial charge is 0.206 e. The van der Waals surface area contributed by atoms with Crippen LogP contribution in [0.5, 0.6) is 0 Å². The molecule has 2 rings (SSSR count). The van der Waals surface area contributed by atoms with Crippen molar-refractivity contribution < 1.29 is 26.3 Å². The van der Waals surface area contributed by atoms with Crippen LogP contribution in [0.2, 0.25) is 0 Å². The Morgan fingerprint density at radius 1 is 0.885 bits per heavy atom. The van der Waals surface area contributed by atoms with Crippen LogP contribution >= 0.6 is 0 Å². The van der Waals surface area contributed by atoms with Crippen LogP contribution in [0, 0.1) is 17.5 Å². The van der Waals surface area contributed by atoms with Crippen LogP contribution in [0.4, 0.5) is 26.3 Å². The average Bonchev–Trinajstić information content (AvgIpc) is 2.53. The zero-order valence-corrected chi connectivity index (χ0v) is 14.1. The second-order valence-electron chi connectivity index (χ2n) is 6.00. The summed E-state index contributed by atoms with van der Waals surface area (Å²) in [7, 11) is 0. The molecular weight excluding hydrogens is 354 g/mol. The van der Waals surface area contributed by atoms with Gasteiger partial charge in [-0.3, -0.25) is 0 Å². The molecule has 0 saturated heterocycles. The molecule has 0 aliphatic rings. The minimum atomic E-state index is -4.68. The Balaban J connectivity index is 2.31. The van der Waals surface area contributed by atoms with Crippen LogP contribution < -0.4 is 0 Å². The average molecular weight is 372 g/mol. The molecule has 0 aliphatic carbocycles. The van der Waals surface area contributed by atoms with E-state index < -0.39 is 29.2 Å². The summed E-state index contributed by atoms with van der Waals surface area (Å²) in [5.74, 6) is -3.00. The molecule has 0 aliphatic heterocycles. The minimum absolute atomic E-state index is 0.00612. The minimum Gasteiger partial charge on any atom is -0.206 e.